The summed E-state index contributed by atoms with van der Waals surface area (Å²) in [5, 5.41) is 3.69. The first-order valence-electron chi connectivity index (χ1n) is 6.56. The number of halogens is 1. The van der Waals surface area contributed by atoms with Crippen LogP contribution in [0.2, 0.25) is 0 Å². The van der Waals surface area contributed by atoms with E-state index in [1.165, 1.54) is 24.5 Å². The third-order valence-electron chi connectivity index (χ3n) is 3.42. The first-order chi connectivity index (χ1) is 8.97. The van der Waals surface area contributed by atoms with Crippen LogP contribution in [0, 0.1) is 17.4 Å². The molecule has 1 N–H and O–H groups in total. The average molecular weight is 385 g/mol. The van der Waals surface area contributed by atoms with Crippen LogP contribution in [0.4, 0.5) is 0 Å². The van der Waals surface area contributed by atoms with Crippen molar-refractivity contribution >= 4 is 33.9 Å². The standard InChI is InChI=1S/C16H20INS/c1-10-9-16(13(4)19-10)12(3)18-11(2)14-5-7-15(17)8-6-14/h5-9,11-12,18H,1-4H3. The zero-order valence-electron chi connectivity index (χ0n) is 11.8. The predicted molar refractivity (Wildman–Crippen MR) is 92.9 cm³/mol. The summed E-state index contributed by atoms with van der Waals surface area (Å²) in [5.74, 6) is 0. The molecule has 19 heavy (non-hydrogen) atoms. The smallest absolute Gasteiger partial charge is 0.0308 e. The molecule has 0 aliphatic heterocycles. The lowest BCUT2D eigenvalue weighted by atomic mass is 10.0. The third kappa shape index (κ3) is 3.80. The van der Waals surface area contributed by atoms with Crippen LogP contribution in [0.25, 0.3) is 0 Å². The lowest BCUT2D eigenvalue weighted by Gasteiger charge is -2.20. The molecule has 2 aromatic rings. The van der Waals surface area contributed by atoms with Gasteiger partial charge in [0, 0.05) is 25.4 Å². The summed E-state index contributed by atoms with van der Waals surface area (Å²) in [4.78, 5) is 2.82. The van der Waals surface area contributed by atoms with Gasteiger partial charge in [0.05, 0.1) is 0 Å². The van der Waals surface area contributed by atoms with Crippen LogP contribution in [-0.4, -0.2) is 0 Å². The fourth-order valence-corrected chi connectivity index (χ4v) is 3.77. The van der Waals surface area contributed by atoms with Gasteiger partial charge in [0.25, 0.3) is 0 Å². The van der Waals surface area contributed by atoms with Crippen molar-refractivity contribution in [2.24, 2.45) is 0 Å². The number of thiophene rings is 1. The van der Waals surface area contributed by atoms with Crippen molar-refractivity contribution in [3.05, 3.63) is 54.8 Å². The minimum absolute atomic E-state index is 0.367. The molecule has 0 amide bonds. The number of hydrogen-bond acceptors (Lipinski definition) is 2. The zero-order valence-corrected chi connectivity index (χ0v) is 14.8. The largest absolute Gasteiger partial charge is 0.304 e. The van der Waals surface area contributed by atoms with E-state index in [0.29, 0.717) is 12.1 Å². The Hall–Kier alpha value is -0.390. The monoisotopic (exact) mass is 385 g/mol. The van der Waals surface area contributed by atoms with Crippen molar-refractivity contribution in [2.75, 3.05) is 0 Å². The van der Waals surface area contributed by atoms with E-state index in [0.717, 1.165) is 0 Å². The van der Waals surface area contributed by atoms with E-state index in [1.54, 1.807) is 0 Å². The Balaban J connectivity index is 2.08. The SMILES string of the molecule is Cc1cc(C(C)NC(C)c2ccc(I)cc2)c(C)s1. The number of rotatable bonds is 4. The molecule has 102 valence electrons. The fourth-order valence-electron chi connectivity index (χ4n) is 2.39. The molecule has 0 bridgehead atoms. The Morgan fingerprint density at radius 2 is 1.68 bits per heavy atom. The summed E-state index contributed by atoms with van der Waals surface area (Å²) in [6.07, 6.45) is 0. The lowest BCUT2D eigenvalue weighted by molar-refractivity contribution is 0.494. The molecule has 0 spiro atoms. The van der Waals surface area contributed by atoms with Gasteiger partial charge in [-0.3, -0.25) is 0 Å². The molecule has 1 heterocycles. The number of hydrogen-bond donors (Lipinski definition) is 1. The molecule has 1 aromatic heterocycles. The van der Waals surface area contributed by atoms with E-state index in [1.807, 2.05) is 11.3 Å². The van der Waals surface area contributed by atoms with E-state index < -0.39 is 0 Å². The molecule has 0 radical (unpaired) electrons. The van der Waals surface area contributed by atoms with Gasteiger partial charge in [-0.05, 0) is 79.6 Å². The van der Waals surface area contributed by atoms with Crippen LogP contribution in [0.5, 0.6) is 0 Å². The van der Waals surface area contributed by atoms with Crippen LogP contribution in [0.3, 0.4) is 0 Å². The van der Waals surface area contributed by atoms with Crippen LogP contribution in [0.15, 0.2) is 30.3 Å². The second kappa shape index (κ2) is 6.37. The van der Waals surface area contributed by atoms with Crippen LogP contribution in [0.1, 0.15) is 46.8 Å². The Kier molecular flexibility index (Phi) is 5.03. The van der Waals surface area contributed by atoms with Gasteiger partial charge in [-0.25, -0.2) is 0 Å². The number of aryl methyl sites for hydroxylation is 2. The van der Waals surface area contributed by atoms with Gasteiger partial charge in [0.1, 0.15) is 0 Å². The summed E-state index contributed by atoms with van der Waals surface area (Å²) in [7, 11) is 0. The molecular formula is C16H20INS. The number of benzene rings is 1. The highest BCUT2D eigenvalue weighted by Crippen LogP contribution is 2.28. The molecule has 2 rings (SSSR count). The normalized spacial score (nSPS) is 14.4. The van der Waals surface area contributed by atoms with Crippen molar-refractivity contribution in [3.8, 4) is 0 Å². The van der Waals surface area contributed by atoms with Gasteiger partial charge in [0.15, 0.2) is 0 Å². The fraction of sp³-hybridized carbons (Fsp3) is 0.375. The van der Waals surface area contributed by atoms with Gasteiger partial charge in [-0.2, -0.15) is 0 Å². The molecule has 2 atom stereocenters. The van der Waals surface area contributed by atoms with Crippen molar-refractivity contribution in [1.29, 1.82) is 0 Å². The van der Waals surface area contributed by atoms with Gasteiger partial charge >= 0.3 is 0 Å². The van der Waals surface area contributed by atoms with E-state index in [2.05, 4.69) is 85.9 Å². The Bertz CT molecular complexity index is 544. The van der Waals surface area contributed by atoms with Crippen LogP contribution in [-0.2, 0) is 0 Å². The molecule has 1 nitrogen and oxygen atoms in total. The van der Waals surface area contributed by atoms with E-state index in [9.17, 15) is 0 Å². The van der Waals surface area contributed by atoms with Crippen LogP contribution >= 0.6 is 33.9 Å². The molecule has 0 saturated carbocycles. The lowest BCUT2D eigenvalue weighted by Crippen LogP contribution is -2.22. The quantitative estimate of drug-likeness (QED) is 0.697. The van der Waals surface area contributed by atoms with Crippen molar-refractivity contribution in [2.45, 2.75) is 39.8 Å². The van der Waals surface area contributed by atoms with Gasteiger partial charge < -0.3 is 5.32 Å². The molecule has 0 saturated heterocycles. The second-order valence-electron chi connectivity index (χ2n) is 5.03. The predicted octanol–water partition coefficient (Wildman–Crippen LogP) is 5.38. The van der Waals surface area contributed by atoms with Gasteiger partial charge in [-0.1, -0.05) is 12.1 Å². The first kappa shape index (κ1) is 15.0. The summed E-state index contributed by atoms with van der Waals surface area (Å²) >= 11 is 4.22. The summed E-state index contributed by atoms with van der Waals surface area (Å²) in [6, 6.07) is 11.8. The zero-order chi connectivity index (χ0) is 14.0. The highest BCUT2D eigenvalue weighted by atomic mass is 127. The molecule has 0 fully saturated rings. The Morgan fingerprint density at radius 3 is 2.21 bits per heavy atom. The maximum atomic E-state index is 3.69. The average Bonchev–Trinajstić information content (AvgIpc) is 2.69. The molecule has 3 heteroatoms. The van der Waals surface area contributed by atoms with Crippen molar-refractivity contribution in [3.63, 3.8) is 0 Å². The second-order valence-corrected chi connectivity index (χ2v) is 7.74. The van der Waals surface area contributed by atoms with E-state index in [-0.39, 0.29) is 0 Å². The Morgan fingerprint density at radius 1 is 1.05 bits per heavy atom. The molecule has 0 aliphatic carbocycles. The molecule has 2 unspecified atom stereocenters. The molecule has 1 aromatic carbocycles. The minimum atomic E-state index is 0.367. The van der Waals surface area contributed by atoms with Gasteiger partial charge in [0.2, 0.25) is 0 Å². The van der Waals surface area contributed by atoms with Crippen molar-refractivity contribution < 1.29 is 0 Å². The minimum Gasteiger partial charge on any atom is -0.304 e. The molecular weight excluding hydrogens is 365 g/mol. The first-order valence-corrected chi connectivity index (χ1v) is 8.45. The molecule has 0 aliphatic rings. The highest BCUT2D eigenvalue weighted by molar-refractivity contribution is 14.1. The summed E-state index contributed by atoms with van der Waals surface area (Å²) in [6.45, 7) is 8.86. The van der Waals surface area contributed by atoms with Crippen LogP contribution < -0.4 is 5.32 Å². The topological polar surface area (TPSA) is 12.0 Å². The van der Waals surface area contributed by atoms with Crippen molar-refractivity contribution in [1.82, 2.24) is 5.32 Å². The maximum absolute atomic E-state index is 3.69. The third-order valence-corrected chi connectivity index (χ3v) is 5.12. The summed E-state index contributed by atoms with van der Waals surface area (Å²) < 4.78 is 1.28. The van der Waals surface area contributed by atoms with E-state index in [4.69, 9.17) is 0 Å². The van der Waals surface area contributed by atoms with E-state index >= 15 is 0 Å². The summed E-state index contributed by atoms with van der Waals surface area (Å²) in [5.41, 5.74) is 2.77. The highest BCUT2D eigenvalue weighted by Gasteiger charge is 2.14. The van der Waals surface area contributed by atoms with Gasteiger partial charge in [-0.15, -0.1) is 11.3 Å². The maximum Gasteiger partial charge on any atom is 0.0308 e. The number of nitrogens with one attached hydrogen (secondary N) is 1. The Labute approximate surface area is 133 Å².